The first-order chi connectivity index (χ1) is 15.1. The van der Waals surface area contributed by atoms with Crippen LogP contribution in [0.3, 0.4) is 0 Å². The lowest BCUT2D eigenvalue weighted by molar-refractivity contribution is -0.155. The van der Waals surface area contributed by atoms with Crippen molar-refractivity contribution in [2.24, 2.45) is 11.8 Å². The summed E-state index contributed by atoms with van der Waals surface area (Å²) in [7, 11) is 0. The molecule has 0 saturated heterocycles. The van der Waals surface area contributed by atoms with E-state index in [1.807, 2.05) is 47.8 Å². The monoisotopic (exact) mass is 454 g/mol. The molecule has 1 N–H and O–H groups in total. The van der Waals surface area contributed by atoms with E-state index < -0.39 is 11.8 Å². The van der Waals surface area contributed by atoms with Gasteiger partial charge in [0.2, 0.25) is 5.91 Å². The quantitative estimate of drug-likeness (QED) is 0.467. The van der Waals surface area contributed by atoms with Crippen LogP contribution in [0.25, 0.3) is 11.3 Å². The van der Waals surface area contributed by atoms with Crippen LogP contribution in [-0.4, -0.2) is 16.9 Å². The number of halogens is 1. The lowest BCUT2D eigenvalue weighted by Gasteiger charge is -2.28. The van der Waals surface area contributed by atoms with Crippen molar-refractivity contribution in [3.63, 3.8) is 0 Å². The van der Waals surface area contributed by atoms with E-state index in [2.05, 4.69) is 10.3 Å². The van der Waals surface area contributed by atoms with Gasteiger partial charge in [-0.3, -0.25) is 9.59 Å². The van der Waals surface area contributed by atoms with Crippen LogP contribution < -0.4 is 5.32 Å². The first-order valence-corrected chi connectivity index (χ1v) is 11.6. The van der Waals surface area contributed by atoms with Gasteiger partial charge in [0.25, 0.3) is 0 Å². The number of amides is 1. The summed E-state index contributed by atoms with van der Waals surface area (Å²) in [6, 6.07) is 17.0. The average molecular weight is 455 g/mol. The summed E-state index contributed by atoms with van der Waals surface area (Å²) in [5.74, 6) is -1.35. The molecule has 2 unspecified atom stereocenters. The molecule has 4 rings (SSSR count). The summed E-state index contributed by atoms with van der Waals surface area (Å²) >= 11 is 7.38. The molecule has 0 aliphatic heterocycles. The van der Waals surface area contributed by atoms with Gasteiger partial charge in [-0.25, -0.2) is 4.98 Å². The largest absolute Gasteiger partial charge is 0.461 e. The molecule has 1 fully saturated rings. The first-order valence-electron chi connectivity index (χ1n) is 10.3. The van der Waals surface area contributed by atoms with Crippen molar-refractivity contribution in [3.05, 3.63) is 70.6 Å². The zero-order chi connectivity index (χ0) is 21.6. The van der Waals surface area contributed by atoms with Gasteiger partial charge in [0, 0.05) is 16.0 Å². The molecule has 31 heavy (non-hydrogen) atoms. The Balaban J connectivity index is 1.39. The smallest absolute Gasteiger partial charge is 0.310 e. The third-order valence-electron chi connectivity index (χ3n) is 5.48. The summed E-state index contributed by atoms with van der Waals surface area (Å²) in [4.78, 5) is 30.3. The second-order valence-corrected chi connectivity index (χ2v) is 8.92. The molecule has 3 aromatic rings. The molecule has 1 aromatic heterocycles. The van der Waals surface area contributed by atoms with Crippen molar-refractivity contribution in [1.29, 1.82) is 0 Å². The Kier molecular flexibility index (Phi) is 6.99. The van der Waals surface area contributed by atoms with Gasteiger partial charge in [-0.2, -0.15) is 0 Å². The number of hydrogen-bond acceptors (Lipinski definition) is 5. The fourth-order valence-corrected chi connectivity index (χ4v) is 4.82. The Morgan fingerprint density at radius 2 is 1.84 bits per heavy atom. The van der Waals surface area contributed by atoms with Gasteiger partial charge >= 0.3 is 5.97 Å². The van der Waals surface area contributed by atoms with E-state index in [9.17, 15) is 9.59 Å². The summed E-state index contributed by atoms with van der Waals surface area (Å²) in [6.45, 7) is 0.150. The minimum absolute atomic E-state index is 0.150. The highest BCUT2D eigenvalue weighted by Crippen LogP contribution is 2.33. The maximum atomic E-state index is 13.0. The van der Waals surface area contributed by atoms with E-state index in [1.54, 1.807) is 12.1 Å². The number of carbonyl (C=O) groups excluding carboxylic acids is 2. The minimum atomic E-state index is -0.443. The molecule has 0 radical (unpaired) electrons. The molecule has 1 saturated carbocycles. The van der Waals surface area contributed by atoms with Crippen LogP contribution in [-0.2, 0) is 20.9 Å². The average Bonchev–Trinajstić information content (AvgIpc) is 3.26. The lowest BCUT2D eigenvalue weighted by Crippen LogP contribution is -2.37. The van der Waals surface area contributed by atoms with E-state index in [0.717, 1.165) is 29.7 Å². The van der Waals surface area contributed by atoms with Gasteiger partial charge in [-0.15, -0.1) is 11.3 Å². The van der Waals surface area contributed by atoms with Crippen LogP contribution in [0.15, 0.2) is 60.0 Å². The third kappa shape index (κ3) is 5.51. The van der Waals surface area contributed by atoms with Crippen molar-refractivity contribution in [2.45, 2.75) is 32.3 Å². The van der Waals surface area contributed by atoms with Crippen molar-refractivity contribution in [1.82, 2.24) is 4.98 Å². The predicted molar refractivity (Wildman–Crippen MR) is 123 cm³/mol. The van der Waals surface area contributed by atoms with Gasteiger partial charge in [0.05, 0.1) is 17.5 Å². The van der Waals surface area contributed by atoms with E-state index in [4.69, 9.17) is 16.3 Å². The Hall–Kier alpha value is -2.70. The lowest BCUT2D eigenvalue weighted by atomic mass is 9.78. The molecular formula is C24H23ClN2O3S. The number of aromatic nitrogens is 1. The normalized spacial score (nSPS) is 18.4. The SMILES string of the molecule is O=C(Nc1nc(-c2ccccc2)cs1)C1CCCCC1C(=O)OCc1cccc(Cl)c1. The van der Waals surface area contributed by atoms with Crippen molar-refractivity contribution < 1.29 is 14.3 Å². The van der Waals surface area contributed by atoms with Crippen LogP contribution >= 0.6 is 22.9 Å². The highest BCUT2D eigenvalue weighted by molar-refractivity contribution is 7.14. The number of esters is 1. The van der Waals surface area contributed by atoms with Crippen LogP contribution in [0.5, 0.6) is 0 Å². The Morgan fingerprint density at radius 1 is 1.06 bits per heavy atom. The highest BCUT2D eigenvalue weighted by Gasteiger charge is 2.37. The van der Waals surface area contributed by atoms with Crippen LogP contribution in [0.4, 0.5) is 5.13 Å². The maximum Gasteiger partial charge on any atom is 0.310 e. The fourth-order valence-electron chi connectivity index (χ4n) is 3.89. The van der Waals surface area contributed by atoms with E-state index in [1.165, 1.54) is 11.3 Å². The molecule has 1 aliphatic rings. The van der Waals surface area contributed by atoms with E-state index >= 15 is 0 Å². The molecule has 1 heterocycles. The number of benzene rings is 2. The zero-order valence-corrected chi connectivity index (χ0v) is 18.5. The Morgan fingerprint density at radius 3 is 2.61 bits per heavy atom. The number of nitrogens with zero attached hydrogens (tertiary/aromatic N) is 1. The van der Waals surface area contributed by atoms with Crippen LogP contribution in [0.2, 0.25) is 5.02 Å². The maximum absolute atomic E-state index is 13.0. The number of carbonyl (C=O) groups is 2. The van der Waals surface area contributed by atoms with Gasteiger partial charge in [-0.05, 0) is 30.5 Å². The molecule has 7 heteroatoms. The van der Waals surface area contributed by atoms with E-state index in [-0.39, 0.29) is 18.5 Å². The molecule has 160 valence electrons. The summed E-state index contributed by atoms with van der Waals surface area (Å²) in [6.07, 6.45) is 3.15. The second kappa shape index (κ2) is 10.1. The molecule has 1 amide bonds. The summed E-state index contributed by atoms with van der Waals surface area (Å²) in [5.41, 5.74) is 2.65. The van der Waals surface area contributed by atoms with Gasteiger partial charge in [0.1, 0.15) is 6.61 Å². The van der Waals surface area contributed by atoms with Gasteiger partial charge in [0.15, 0.2) is 5.13 Å². The number of hydrogen-bond donors (Lipinski definition) is 1. The number of anilines is 1. The minimum Gasteiger partial charge on any atom is -0.461 e. The molecule has 2 atom stereocenters. The van der Waals surface area contributed by atoms with Crippen molar-refractivity contribution in [2.75, 3.05) is 5.32 Å². The Bertz CT molecular complexity index is 1050. The van der Waals surface area contributed by atoms with Gasteiger partial charge in [-0.1, -0.05) is 66.9 Å². The zero-order valence-electron chi connectivity index (χ0n) is 16.9. The van der Waals surface area contributed by atoms with Crippen LogP contribution in [0.1, 0.15) is 31.2 Å². The number of thiazole rings is 1. The number of nitrogens with one attached hydrogen (secondary N) is 1. The van der Waals surface area contributed by atoms with Gasteiger partial charge < -0.3 is 10.1 Å². The van der Waals surface area contributed by atoms with E-state index in [0.29, 0.717) is 23.0 Å². The fraction of sp³-hybridized carbons (Fsp3) is 0.292. The standard InChI is InChI=1S/C24H23ClN2O3S/c25-18-10-6-7-16(13-18)14-30-23(29)20-12-5-4-11-19(20)22(28)27-24-26-21(15-31-24)17-8-2-1-3-9-17/h1-3,6-10,13,15,19-20H,4-5,11-12,14H2,(H,26,27,28). The topological polar surface area (TPSA) is 68.3 Å². The molecule has 0 bridgehead atoms. The number of ether oxygens (including phenoxy) is 1. The highest BCUT2D eigenvalue weighted by atomic mass is 35.5. The predicted octanol–water partition coefficient (Wildman–Crippen LogP) is 5.95. The number of rotatable bonds is 6. The van der Waals surface area contributed by atoms with Crippen molar-refractivity contribution >= 4 is 39.9 Å². The Labute approximate surface area is 190 Å². The first kappa shape index (κ1) is 21.5. The molecule has 5 nitrogen and oxygen atoms in total. The molecule has 0 spiro atoms. The third-order valence-corrected chi connectivity index (χ3v) is 6.47. The van der Waals surface area contributed by atoms with Crippen LogP contribution in [0, 0.1) is 11.8 Å². The second-order valence-electron chi connectivity index (χ2n) is 7.63. The molecule has 2 aromatic carbocycles. The summed E-state index contributed by atoms with van der Waals surface area (Å²) < 4.78 is 5.52. The summed E-state index contributed by atoms with van der Waals surface area (Å²) in [5, 5.41) is 5.97. The molecular weight excluding hydrogens is 432 g/mol. The van der Waals surface area contributed by atoms with Crippen molar-refractivity contribution in [3.8, 4) is 11.3 Å². The molecule has 1 aliphatic carbocycles.